The fourth-order valence-corrected chi connectivity index (χ4v) is 3.41. The van der Waals surface area contributed by atoms with E-state index in [1.165, 1.54) is 54.2 Å². The van der Waals surface area contributed by atoms with Crippen molar-refractivity contribution in [1.29, 1.82) is 0 Å². The van der Waals surface area contributed by atoms with E-state index >= 15 is 0 Å². The Morgan fingerprint density at radius 1 is 0.444 bits per heavy atom. The molecule has 0 spiro atoms. The van der Waals surface area contributed by atoms with Gasteiger partial charge >= 0.3 is 5.97 Å². The summed E-state index contributed by atoms with van der Waals surface area (Å²) in [5.74, 6) is -4.02. The number of ether oxygens (including phenoxy) is 1. The van der Waals surface area contributed by atoms with Gasteiger partial charge in [-0.15, -0.1) is 0 Å². The van der Waals surface area contributed by atoms with Gasteiger partial charge in [-0.1, -0.05) is 0 Å². The number of esters is 1. The lowest BCUT2D eigenvalue weighted by Crippen LogP contribution is -2.49. The molecule has 256 valence electrons. The van der Waals surface area contributed by atoms with Gasteiger partial charge in [-0.2, -0.15) is 0 Å². The Hall–Kier alpha value is -4.28. The fraction of sp³-hybridized carbons (Fsp3) is 0.714. The molecular formula is C28H50N8O9. The zero-order valence-corrected chi connectivity index (χ0v) is 28.5. The summed E-state index contributed by atoms with van der Waals surface area (Å²) >= 11 is 0. The van der Waals surface area contributed by atoms with Crippen molar-refractivity contribution in [3.8, 4) is 0 Å². The Labute approximate surface area is 265 Å². The van der Waals surface area contributed by atoms with Gasteiger partial charge in [0, 0.05) is 49.3 Å². The molecule has 0 rings (SSSR count). The maximum absolute atomic E-state index is 12.7. The highest BCUT2D eigenvalue weighted by Crippen LogP contribution is 2.07. The monoisotopic (exact) mass is 642 g/mol. The molecule has 0 heterocycles. The Morgan fingerprint density at radius 2 is 0.667 bits per heavy atom. The van der Waals surface area contributed by atoms with Crippen LogP contribution in [0.2, 0.25) is 0 Å². The predicted octanol–water partition coefficient (Wildman–Crippen LogP) is -3.24. The molecule has 0 aliphatic carbocycles. The second-order valence-electron chi connectivity index (χ2n) is 11.9. The third-order valence-corrected chi connectivity index (χ3v) is 6.33. The molecule has 0 aromatic rings. The van der Waals surface area contributed by atoms with Crippen molar-refractivity contribution >= 4 is 47.3 Å². The van der Waals surface area contributed by atoms with Crippen LogP contribution >= 0.6 is 0 Å². The fourth-order valence-electron chi connectivity index (χ4n) is 3.41. The third kappa shape index (κ3) is 15.8. The minimum atomic E-state index is -0.705. The second-order valence-corrected chi connectivity index (χ2v) is 11.9. The Morgan fingerprint density at radius 3 is 0.889 bits per heavy atom. The van der Waals surface area contributed by atoms with E-state index in [1.807, 2.05) is 0 Å². The number of hydrogen-bond acceptors (Lipinski definition) is 10. The number of nitrogens with one attached hydrogen (secondary N) is 1. The first-order valence-electron chi connectivity index (χ1n) is 14.1. The van der Waals surface area contributed by atoms with Gasteiger partial charge in [0.05, 0.1) is 45.8 Å². The van der Waals surface area contributed by atoms with E-state index in [4.69, 9.17) is 4.74 Å². The molecule has 0 aromatic carbocycles. The lowest BCUT2D eigenvalue weighted by molar-refractivity contribution is -0.158. The molecule has 0 fully saturated rings. The summed E-state index contributed by atoms with van der Waals surface area (Å²) in [6.45, 7) is 2.91. The third-order valence-electron chi connectivity index (χ3n) is 6.33. The standard InChI is InChI=1S/C28H50N8O9/c1-28(2,3)45-27(44)19-36(11)26(43)18-35(10)25(42)17-34(9)24(41)16-33(8)23(40)15-32(7)22(39)14-31(6)21(38)13-30(5)20(37)12-29-4/h29H,12-19H2,1-11H3. The van der Waals surface area contributed by atoms with Crippen LogP contribution in [0.3, 0.4) is 0 Å². The van der Waals surface area contributed by atoms with E-state index < -0.39 is 47.0 Å². The first-order chi connectivity index (χ1) is 20.6. The molecular weight excluding hydrogens is 592 g/mol. The summed E-state index contributed by atoms with van der Waals surface area (Å²) < 4.78 is 5.19. The van der Waals surface area contributed by atoms with Crippen LogP contribution in [0.5, 0.6) is 0 Å². The Bertz CT molecular complexity index is 1110. The molecule has 0 aromatic heterocycles. The predicted molar refractivity (Wildman–Crippen MR) is 163 cm³/mol. The quantitative estimate of drug-likeness (QED) is 0.168. The summed E-state index contributed by atoms with van der Waals surface area (Å²) in [5, 5.41) is 2.70. The van der Waals surface area contributed by atoms with Gasteiger partial charge in [0.2, 0.25) is 41.4 Å². The zero-order chi connectivity index (χ0) is 35.2. The van der Waals surface area contributed by atoms with Gasteiger partial charge in [-0.25, -0.2) is 0 Å². The van der Waals surface area contributed by atoms with Crippen LogP contribution in [-0.4, -0.2) is 196 Å². The van der Waals surface area contributed by atoms with Crippen molar-refractivity contribution in [3.63, 3.8) is 0 Å². The highest BCUT2D eigenvalue weighted by Gasteiger charge is 2.25. The molecule has 17 heteroatoms. The van der Waals surface area contributed by atoms with E-state index in [0.717, 1.165) is 29.4 Å². The smallest absolute Gasteiger partial charge is 0.326 e. The van der Waals surface area contributed by atoms with E-state index in [9.17, 15) is 38.4 Å². The van der Waals surface area contributed by atoms with Crippen molar-refractivity contribution in [2.45, 2.75) is 26.4 Å². The van der Waals surface area contributed by atoms with Gasteiger partial charge in [0.15, 0.2) is 0 Å². The van der Waals surface area contributed by atoms with Crippen molar-refractivity contribution < 1.29 is 43.1 Å². The van der Waals surface area contributed by atoms with Gasteiger partial charge in [-0.3, -0.25) is 38.4 Å². The lowest BCUT2D eigenvalue weighted by atomic mass is 10.2. The van der Waals surface area contributed by atoms with Crippen LogP contribution in [0.1, 0.15) is 20.8 Å². The molecule has 0 saturated heterocycles. The van der Waals surface area contributed by atoms with E-state index in [2.05, 4.69) is 5.32 Å². The Kier molecular flexibility index (Phi) is 16.7. The van der Waals surface area contributed by atoms with Crippen LogP contribution < -0.4 is 5.32 Å². The molecule has 0 bridgehead atoms. The molecule has 0 atom stereocenters. The number of amides is 7. The van der Waals surface area contributed by atoms with Crippen molar-refractivity contribution in [3.05, 3.63) is 0 Å². The van der Waals surface area contributed by atoms with E-state index in [-0.39, 0.29) is 58.3 Å². The van der Waals surface area contributed by atoms with Gasteiger partial charge in [0.1, 0.15) is 12.1 Å². The van der Waals surface area contributed by atoms with Crippen LogP contribution in [0, 0.1) is 0 Å². The van der Waals surface area contributed by atoms with E-state index in [0.29, 0.717) is 0 Å². The summed E-state index contributed by atoms with van der Waals surface area (Å²) in [4.78, 5) is 107. The molecule has 0 aliphatic rings. The number of carbonyl (C=O) groups excluding carboxylic acids is 8. The molecule has 17 nitrogen and oxygen atoms in total. The summed E-state index contributed by atoms with van der Waals surface area (Å²) in [6.07, 6.45) is 0. The molecule has 1 N–H and O–H groups in total. The maximum Gasteiger partial charge on any atom is 0.326 e. The highest BCUT2D eigenvalue weighted by atomic mass is 16.6. The summed E-state index contributed by atoms with van der Waals surface area (Å²) in [6, 6.07) is 0. The first kappa shape index (κ1) is 40.7. The summed E-state index contributed by atoms with van der Waals surface area (Å²) in [5.41, 5.74) is -0.705. The van der Waals surface area contributed by atoms with Crippen molar-refractivity contribution in [2.24, 2.45) is 0 Å². The topological polar surface area (TPSA) is 180 Å². The van der Waals surface area contributed by atoms with Crippen molar-refractivity contribution in [2.75, 3.05) is 109 Å². The molecule has 45 heavy (non-hydrogen) atoms. The highest BCUT2D eigenvalue weighted by molar-refractivity contribution is 5.92. The lowest BCUT2D eigenvalue weighted by Gasteiger charge is -2.27. The number of carbonyl (C=O) groups is 8. The SMILES string of the molecule is CNCC(=O)N(C)CC(=O)N(C)CC(=O)N(C)CC(=O)N(C)CC(=O)N(C)CC(=O)N(C)CC(=O)N(C)CC(=O)OC(C)(C)C. The number of rotatable bonds is 16. The van der Waals surface area contributed by atoms with Crippen LogP contribution in [-0.2, 0) is 43.1 Å². The van der Waals surface area contributed by atoms with E-state index in [1.54, 1.807) is 27.8 Å². The second kappa shape index (κ2) is 18.5. The molecule has 7 amide bonds. The Balaban J connectivity index is 4.78. The van der Waals surface area contributed by atoms with Gasteiger partial charge < -0.3 is 44.4 Å². The average Bonchev–Trinajstić information content (AvgIpc) is 2.91. The van der Waals surface area contributed by atoms with Gasteiger partial charge in [0.25, 0.3) is 0 Å². The number of hydrogen-bond donors (Lipinski definition) is 1. The van der Waals surface area contributed by atoms with Crippen LogP contribution in [0.15, 0.2) is 0 Å². The molecule has 0 aliphatic heterocycles. The normalized spacial score (nSPS) is 10.7. The molecule has 0 radical (unpaired) electrons. The molecule has 0 unspecified atom stereocenters. The van der Waals surface area contributed by atoms with Crippen LogP contribution in [0.25, 0.3) is 0 Å². The first-order valence-corrected chi connectivity index (χ1v) is 14.1. The van der Waals surface area contributed by atoms with Gasteiger partial charge in [-0.05, 0) is 27.8 Å². The van der Waals surface area contributed by atoms with Crippen LogP contribution in [0.4, 0.5) is 0 Å². The molecule has 0 saturated carbocycles. The van der Waals surface area contributed by atoms with Crippen molar-refractivity contribution in [1.82, 2.24) is 39.6 Å². The number of likely N-dealkylation sites (N-methyl/N-ethyl adjacent to an activating group) is 8. The number of nitrogens with zero attached hydrogens (tertiary/aromatic N) is 7. The largest absolute Gasteiger partial charge is 0.459 e. The zero-order valence-electron chi connectivity index (χ0n) is 28.5. The summed E-state index contributed by atoms with van der Waals surface area (Å²) in [7, 11) is 11.4. The maximum atomic E-state index is 12.7. The minimum absolute atomic E-state index is 0.0635. The average molecular weight is 643 g/mol. The minimum Gasteiger partial charge on any atom is -0.459 e.